The monoisotopic (exact) mass is 484 g/mol. The lowest BCUT2D eigenvalue weighted by Crippen LogP contribution is -2.55. The normalized spacial score (nSPS) is 15.8. The maximum atomic E-state index is 13.1. The topological polar surface area (TPSA) is 73.5 Å². The van der Waals surface area contributed by atoms with Crippen molar-refractivity contribution in [2.75, 3.05) is 18.4 Å². The molecule has 1 aliphatic heterocycles. The molecule has 2 amide bonds. The first-order valence-electron chi connectivity index (χ1n) is 11.8. The predicted molar refractivity (Wildman–Crippen MR) is 137 cm³/mol. The van der Waals surface area contributed by atoms with Crippen molar-refractivity contribution in [3.63, 3.8) is 0 Å². The third kappa shape index (κ3) is 7.00. The summed E-state index contributed by atoms with van der Waals surface area (Å²) in [6.07, 6.45) is 2.22. The third-order valence-corrected chi connectivity index (χ3v) is 6.64. The van der Waals surface area contributed by atoms with Crippen molar-refractivity contribution >= 4 is 34.8 Å². The fourth-order valence-electron chi connectivity index (χ4n) is 3.93. The van der Waals surface area contributed by atoms with Crippen LogP contribution in [-0.4, -0.2) is 47.0 Å². The number of thiocarbonyl (C=S) groups is 1. The summed E-state index contributed by atoms with van der Waals surface area (Å²) in [5.41, 5.74) is 2.33. The highest BCUT2D eigenvalue weighted by Crippen LogP contribution is 2.23. The summed E-state index contributed by atoms with van der Waals surface area (Å²) in [5, 5.41) is 9.72. The highest BCUT2D eigenvalue weighted by molar-refractivity contribution is 7.80. The number of hydrogen-bond donors (Lipinski definition) is 3. The lowest BCUT2D eigenvalue weighted by atomic mass is 9.88. The van der Waals surface area contributed by atoms with Crippen LogP contribution in [0.2, 0.25) is 0 Å². The molecule has 2 atom stereocenters. The zero-order chi connectivity index (χ0) is 24.7. The molecule has 8 heteroatoms. The lowest BCUT2D eigenvalue weighted by molar-refractivity contribution is -0.125. The van der Waals surface area contributed by atoms with Crippen molar-refractivity contribution < 1.29 is 14.0 Å². The number of anilines is 1. The molecule has 1 heterocycles. The Bertz CT molecular complexity index is 989. The number of rotatable bonds is 7. The van der Waals surface area contributed by atoms with E-state index in [2.05, 4.69) is 16.0 Å². The standard InChI is InChI=1S/C26H33FN4O2S/c1-4-18(3)28-25(33)23(30-24(32)20-7-5-17(2)6-8-20)19-13-15-31(16-14-19)26(34)29-22-11-9-21(27)10-12-22/h5-12,18-19,23H,4,13-16H2,1-3H3,(H,28,33)(H,29,34)(H,30,32)/t18-,23-/m0/s1. The summed E-state index contributed by atoms with van der Waals surface area (Å²) in [7, 11) is 0. The van der Waals surface area contributed by atoms with Gasteiger partial charge in [-0.25, -0.2) is 4.39 Å². The SMILES string of the molecule is CC[C@H](C)NC(=O)[C@@H](NC(=O)c1ccc(C)cc1)C1CCN(C(=S)Nc2ccc(F)cc2)CC1. The van der Waals surface area contributed by atoms with Crippen molar-refractivity contribution in [2.45, 2.75) is 52.1 Å². The van der Waals surface area contributed by atoms with E-state index in [-0.39, 0.29) is 29.6 Å². The van der Waals surface area contributed by atoms with Crippen LogP contribution in [0.4, 0.5) is 10.1 Å². The Labute approximate surface area is 206 Å². The Morgan fingerprint density at radius 1 is 1.06 bits per heavy atom. The van der Waals surface area contributed by atoms with Gasteiger partial charge in [0.2, 0.25) is 5.91 Å². The van der Waals surface area contributed by atoms with Crippen LogP contribution in [0.3, 0.4) is 0 Å². The Kier molecular flexibility index (Phi) is 8.98. The number of benzene rings is 2. The minimum atomic E-state index is -0.622. The molecule has 1 aliphatic rings. The van der Waals surface area contributed by atoms with E-state index in [0.29, 0.717) is 36.6 Å². The van der Waals surface area contributed by atoms with Crippen molar-refractivity contribution in [3.8, 4) is 0 Å². The Hall–Kier alpha value is -3.00. The number of nitrogens with one attached hydrogen (secondary N) is 3. The highest BCUT2D eigenvalue weighted by Gasteiger charge is 2.34. The van der Waals surface area contributed by atoms with Gasteiger partial charge in [-0.05, 0) is 87.6 Å². The number of likely N-dealkylation sites (tertiary alicyclic amines) is 1. The van der Waals surface area contributed by atoms with Crippen LogP contribution < -0.4 is 16.0 Å². The first-order chi connectivity index (χ1) is 16.3. The average molecular weight is 485 g/mol. The number of halogens is 1. The predicted octanol–water partition coefficient (Wildman–Crippen LogP) is 4.26. The quantitative estimate of drug-likeness (QED) is 0.513. The van der Waals surface area contributed by atoms with Crippen LogP contribution in [0.1, 0.15) is 49.0 Å². The molecule has 34 heavy (non-hydrogen) atoms. The summed E-state index contributed by atoms with van der Waals surface area (Å²) in [6.45, 7) is 7.25. The van der Waals surface area contributed by atoms with Gasteiger partial charge in [0.15, 0.2) is 5.11 Å². The highest BCUT2D eigenvalue weighted by atomic mass is 32.1. The molecule has 0 radical (unpaired) electrons. The van der Waals surface area contributed by atoms with E-state index in [4.69, 9.17) is 12.2 Å². The zero-order valence-corrected chi connectivity index (χ0v) is 20.8. The lowest BCUT2D eigenvalue weighted by Gasteiger charge is -2.37. The molecule has 0 aliphatic carbocycles. The summed E-state index contributed by atoms with van der Waals surface area (Å²) in [6, 6.07) is 12.8. The van der Waals surface area contributed by atoms with E-state index < -0.39 is 6.04 Å². The molecule has 0 spiro atoms. The Morgan fingerprint density at radius 2 is 1.68 bits per heavy atom. The maximum absolute atomic E-state index is 13.1. The molecule has 2 aromatic carbocycles. The average Bonchev–Trinajstić information content (AvgIpc) is 2.84. The second kappa shape index (κ2) is 11.9. The summed E-state index contributed by atoms with van der Waals surface area (Å²) in [5.74, 6) is -0.712. The minimum Gasteiger partial charge on any atom is -0.352 e. The second-order valence-corrected chi connectivity index (χ2v) is 9.28. The van der Waals surface area contributed by atoms with Crippen LogP contribution >= 0.6 is 12.2 Å². The van der Waals surface area contributed by atoms with Crippen molar-refractivity contribution in [2.24, 2.45) is 5.92 Å². The molecule has 3 N–H and O–H groups in total. The number of carbonyl (C=O) groups is 2. The van der Waals surface area contributed by atoms with Gasteiger partial charge in [0.05, 0.1) is 0 Å². The number of aryl methyl sites for hydroxylation is 1. The first-order valence-corrected chi connectivity index (χ1v) is 12.2. The van der Waals surface area contributed by atoms with E-state index in [1.54, 1.807) is 24.3 Å². The molecule has 1 saturated heterocycles. The molecule has 0 aromatic heterocycles. The Balaban J connectivity index is 1.64. The van der Waals surface area contributed by atoms with Crippen LogP contribution in [0.5, 0.6) is 0 Å². The van der Waals surface area contributed by atoms with Crippen LogP contribution in [-0.2, 0) is 4.79 Å². The molecule has 182 valence electrons. The smallest absolute Gasteiger partial charge is 0.251 e. The minimum absolute atomic E-state index is 0.0108. The first kappa shape index (κ1) is 25.6. The van der Waals surface area contributed by atoms with Gasteiger partial charge in [-0.2, -0.15) is 0 Å². The molecular formula is C26H33FN4O2S. The molecule has 0 saturated carbocycles. The van der Waals surface area contributed by atoms with E-state index >= 15 is 0 Å². The van der Waals surface area contributed by atoms with Crippen molar-refractivity contribution in [1.29, 1.82) is 0 Å². The second-order valence-electron chi connectivity index (χ2n) is 8.90. The van der Waals surface area contributed by atoms with Gasteiger partial charge in [-0.3, -0.25) is 9.59 Å². The van der Waals surface area contributed by atoms with E-state index in [0.717, 1.165) is 17.7 Å². The molecule has 6 nitrogen and oxygen atoms in total. The molecule has 0 bridgehead atoms. The molecule has 3 rings (SSSR count). The molecule has 2 aromatic rings. The molecule has 0 unspecified atom stereocenters. The number of hydrogen-bond acceptors (Lipinski definition) is 3. The van der Waals surface area contributed by atoms with Crippen LogP contribution in [0.25, 0.3) is 0 Å². The van der Waals surface area contributed by atoms with Gasteiger partial charge in [0, 0.05) is 30.4 Å². The number of piperidine rings is 1. The summed E-state index contributed by atoms with van der Waals surface area (Å²) >= 11 is 5.53. The Morgan fingerprint density at radius 3 is 2.26 bits per heavy atom. The summed E-state index contributed by atoms with van der Waals surface area (Å²) < 4.78 is 13.1. The molecule has 1 fully saturated rings. The van der Waals surface area contributed by atoms with Crippen molar-refractivity contribution in [1.82, 2.24) is 15.5 Å². The molecular weight excluding hydrogens is 451 g/mol. The fourth-order valence-corrected chi connectivity index (χ4v) is 4.23. The third-order valence-electron chi connectivity index (χ3n) is 6.28. The van der Waals surface area contributed by atoms with Gasteiger partial charge < -0.3 is 20.9 Å². The summed E-state index contributed by atoms with van der Waals surface area (Å²) in [4.78, 5) is 28.1. The zero-order valence-electron chi connectivity index (χ0n) is 19.9. The van der Waals surface area contributed by atoms with E-state index in [1.807, 2.05) is 37.8 Å². The van der Waals surface area contributed by atoms with Crippen molar-refractivity contribution in [3.05, 3.63) is 65.5 Å². The number of carbonyl (C=O) groups excluding carboxylic acids is 2. The van der Waals surface area contributed by atoms with E-state index in [9.17, 15) is 14.0 Å². The number of nitrogens with zero attached hydrogens (tertiary/aromatic N) is 1. The fraction of sp³-hybridized carbons (Fsp3) is 0.423. The number of amides is 2. The van der Waals surface area contributed by atoms with Gasteiger partial charge in [-0.1, -0.05) is 24.6 Å². The van der Waals surface area contributed by atoms with Crippen LogP contribution in [0.15, 0.2) is 48.5 Å². The van der Waals surface area contributed by atoms with E-state index in [1.165, 1.54) is 12.1 Å². The van der Waals surface area contributed by atoms with Gasteiger partial charge in [0.25, 0.3) is 5.91 Å². The maximum Gasteiger partial charge on any atom is 0.251 e. The van der Waals surface area contributed by atoms with Gasteiger partial charge in [0.1, 0.15) is 11.9 Å². The van der Waals surface area contributed by atoms with Crippen LogP contribution in [0, 0.1) is 18.7 Å². The van der Waals surface area contributed by atoms with Gasteiger partial charge >= 0.3 is 0 Å². The van der Waals surface area contributed by atoms with Gasteiger partial charge in [-0.15, -0.1) is 0 Å². The largest absolute Gasteiger partial charge is 0.352 e.